The first-order chi connectivity index (χ1) is 18.6. The largest absolute Gasteiger partial charge is 0.465 e. The van der Waals surface area contributed by atoms with Gasteiger partial charge in [0.1, 0.15) is 15.7 Å². The smallest absolute Gasteiger partial charge is 0.348 e. The molecule has 0 radical (unpaired) electrons. The molecule has 0 bridgehead atoms. The molecule has 39 heavy (non-hydrogen) atoms. The summed E-state index contributed by atoms with van der Waals surface area (Å²) in [7, 11) is 1.19. The topological polar surface area (TPSA) is 137 Å². The number of esters is 3. The molecule has 2 aromatic carbocycles. The van der Waals surface area contributed by atoms with Gasteiger partial charge in [0.25, 0.3) is 5.91 Å². The number of rotatable bonds is 8. The Labute approximate surface area is 228 Å². The Bertz CT molecular complexity index is 1570. The predicted molar refractivity (Wildman–Crippen MR) is 146 cm³/mol. The van der Waals surface area contributed by atoms with E-state index in [9.17, 15) is 19.2 Å². The fourth-order valence-corrected chi connectivity index (χ4v) is 4.91. The summed E-state index contributed by atoms with van der Waals surface area (Å²) in [5, 5.41) is 2.67. The van der Waals surface area contributed by atoms with E-state index in [-0.39, 0.29) is 27.6 Å². The lowest BCUT2D eigenvalue weighted by Gasteiger charge is -2.13. The van der Waals surface area contributed by atoms with E-state index >= 15 is 0 Å². The van der Waals surface area contributed by atoms with Gasteiger partial charge in [-0.2, -0.15) is 0 Å². The van der Waals surface area contributed by atoms with Gasteiger partial charge in [-0.3, -0.25) is 4.79 Å². The Morgan fingerprint density at radius 3 is 2.41 bits per heavy atom. The van der Waals surface area contributed by atoms with Gasteiger partial charge in [0.05, 0.1) is 35.9 Å². The summed E-state index contributed by atoms with van der Waals surface area (Å²) in [6.07, 6.45) is -1.21. The van der Waals surface area contributed by atoms with Crippen LogP contribution in [0.3, 0.4) is 0 Å². The Hall–Kier alpha value is -4.51. The monoisotopic (exact) mass is 549 g/mol. The van der Waals surface area contributed by atoms with E-state index in [2.05, 4.69) is 15.3 Å². The molecule has 2 aromatic heterocycles. The molecule has 0 saturated heterocycles. The fourth-order valence-electron chi connectivity index (χ4n) is 3.82. The van der Waals surface area contributed by atoms with Gasteiger partial charge < -0.3 is 24.5 Å². The molecule has 0 saturated carbocycles. The molecule has 11 heteroatoms. The molecule has 0 aliphatic heterocycles. The number of nitrogens with zero attached hydrogens (tertiary/aromatic N) is 1. The lowest BCUT2D eigenvalue weighted by molar-refractivity contribution is -0.123. The number of hydrogen-bond acceptors (Lipinski definition) is 9. The minimum atomic E-state index is -1.21. The van der Waals surface area contributed by atoms with E-state index in [1.165, 1.54) is 14.0 Å². The number of amides is 1. The van der Waals surface area contributed by atoms with Crippen LogP contribution in [0.5, 0.6) is 0 Å². The zero-order chi connectivity index (χ0) is 28.3. The van der Waals surface area contributed by atoms with Gasteiger partial charge >= 0.3 is 17.9 Å². The molecular weight excluding hydrogens is 522 g/mol. The quantitative estimate of drug-likeness (QED) is 0.230. The number of nitrogens with one attached hydrogen (secondary N) is 2. The molecule has 1 atom stereocenters. The molecule has 0 fully saturated rings. The summed E-state index contributed by atoms with van der Waals surface area (Å²) >= 11 is 0.883. The van der Waals surface area contributed by atoms with Gasteiger partial charge in [-0.25, -0.2) is 19.4 Å². The third kappa shape index (κ3) is 5.83. The summed E-state index contributed by atoms with van der Waals surface area (Å²) in [5.74, 6) is -2.08. The highest BCUT2D eigenvalue weighted by molar-refractivity contribution is 7.18. The van der Waals surface area contributed by atoms with E-state index in [1.54, 1.807) is 32.0 Å². The second-order valence-corrected chi connectivity index (χ2v) is 9.71. The zero-order valence-electron chi connectivity index (χ0n) is 22.0. The van der Waals surface area contributed by atoms with E-state index in [1.807, 2.05) is 31.2 Å². The Kier molecular flexibility index (Phi) is 8.10. The maximum absolute atomic E-state index is 12.9. The lowest BCUT2D eigenvalue weighted by Crippen LogP contribution is -2.30. The van der Waals surface area contributed by atoms with E-state index in [0.29, 0.717) is 22.4 Å². The van der Waals surface area contributed by atoms with Crippen molar-refractivity contribution in [1.29, 1.82) is 0 Å². The van der Waals surface area contributed by atoms with Gasteiger partial charge in [0, 0.05) is 5.56 Å². The molecule has 1 amide bonds. The van der Waals surface area contributed by atoms with Crippen LogP contribution in [0.2, 0.25) is 0 Å². The van der Waals surface area contributed by atoms with Crippen molar-refractivity contribution < 1.29 is 33.4 Å². The molecule has 4 rings (SSSR count). The van der Waals surface area contributed by atoms with Crippen molar-refractivity contribution in [3.63, 3.8) is 0 Å². The van der Waals surface area contributed by atoms with E-state index in [0.717, 1.165) is 22.5 Å². The van der Waals surface area contributed by atoms with Crippen LogP contribution in [-0.2, 0) is 19.0 Å². The third-order valence-electron chi connectivity index (χ3n) is 5.93. The number of imidazole rings is 1. The number of anilines is 1. The van der Waals surface area contributed by atoms with Gasteiger partial charge in [0.15, 0.2) is 6.10 Å². The van der Waals surface area contributed by atoms with Crippen LogP contribution in [-0.4, -0.2) is 53.6 Å². The van der Waals surface area contributed by atoms with Crippen molar-refractivity contribution >= 4 is 51.2 Å². The highest BCUT2D eigenvalue weighted by Gasteiger charge is 2.29. The fraction of sp³-hybridized carbons (Fsp3) is 0.250. The molecule has 0 spiro atoms. The Morgan fingerprint density at radius 1 is 1.03 bits per heavy atom. The first-order valence-electron chi connectivity index (χ1n) is 12.1. The molecule has 1 unspecified atom stereocenters. The highest BCUT2D eigenvalue weighted by atomic mass is 32.1. The maximum atomic E-state index is 12.9. The first-order valence-corrected chi connectivity index (χ1v) is 12.9. The summed E-state index contributed by atoms with van der Waals surface area (Å²) in [4.78, 5) is 58.3. The van der Waals surface area contributed by atoms with Crippen LogP contribution in [0.4, 0.5) is 5.00 Å². The number of H-pyrrole nitrogens is 1. The van der Waals surface area contributed by atoms with Crippen molar-refractivity contribution in [2.45, 2.75) is 33.8 Å². The average molecular weight is 550 g/mol. The van der Waals surface area contributed by atoms with Crippen molar-refractivity contribution in [3.8, 4) is 11.4 Å². The number of carbonyl (C=O) groups excluding carboxylic acids is 4. The van der Waals surface area contributed by atoms with Crippen LogP contribution in [0.15, 0.2) is 42.5 Å². The molecular formula is C28H27N3O7S. The number of fused-ring (bicyclic) bond motifs is 1. The van der Waals surface area contributed by atoms with Crippen molar-refractivity contribution in [2.24, 2.45) is 0 Å². The lowest BCUT2D eigenvalue weighted by atomic mass is 10.1. The number of benzene rings is 2. The number of aryl methyl sites for hydroxylation is 1. The number of hydrogen-bond donors (Lipinski definition) is 2. The number of carbonyl (C=O) groups is 4. The van der Waals surface area contributed by atoms with Crippen LogP contribution in [0.1, 0.15) is 55.4 Å². The second kappa shape index (κ2) is 11.5. The van der Waals surface area contributed by atoms with Crippen LogP contribution in [0.25, 0.3) is 22.4 Å². The SMILES string of the molecule is CCOC(=O)c1sc(NC(=O)C(C)OC(=O)c2ccc3nc(-c4ccc(C)cc4)[nH]c3c2)c(C(=O)OC)c1C. The highest BCUT2D eigenvalue weighted by Crippen LogP contribution is 2.34. The molecule has 2 heterocycles. The van der Waals surface area contributed by atoms with Crippen LogP contribution < -0.4 is 5.32 Å². The minimum Gasteiger partial charge on any atom is -0.465 e. The standard InChI is InChI=1S/C28H27N3O7S/c1-6-37-28(35)22-15(3)21(27(34)36-5)25(39-22)31-24(32)16(4)38-26(33)18-11-12-19-20(13-18)30-23(29-19)17-9-7-14(2)8-10-17/h7-13,16H,6H2,1-5H3,(H,29,30)(H,31,32). The number of aromatic amines is 1. The van der Waals surface area contributed by atoms with Crippen molar-refractivity contribution in [3.05, 3.63) is 69.6 Å². The number of aromatic nitrogens is 2. The summed E-state index contributed by atoms with van der Waals surface area (Å²) in [5.41, 5.74) is 3.94. The van der Waals surface area contributed by atoms with E-state index in [4.69, 9.17) is 14.2 Å². The Morgan fingerprint density at radius 2 is 1.74 bits per heavy atom. The molecule has 4 aromatic rings. The maximum Gasteiger partial charge on any atom is 0.348 e. The van der Waals surface area contributed by atoms with Crippen LogP contribution >= 0.6 is 11.3 Å². The van der Waals surface area contributed by atoms with Gasteiger partial charge in [-0.05, 0) is 51.5 Å². The number of thiophene rings is 1. The third-order valence-corrected chi connectivity index (χ3v) is 7.12. The summed E-state index contributed by atoms with van der Waals surface area (Å²) < 4.78 is 15.2. The van der Waals surface area contributed by atoms with Gasteiger partial charge in [0.2, 0.25) is 0 Å². The van der Waals surface area contributed by atoms with Crippen molar-refractivity contribution in [1.82, 2.24) is 9.97 Å². The Balaban J connectivity index is 1.49. The molecule has 0 aliphatic carbocycles. The van der Waals surface area contributed by atoms with E-state index < -0.39 is 29.9 Å². The number of ether oxygens (including phenoxy) is 3. The summed E-state index contributed by atoms with van der Waals surface area (Å²) in [6, 6.07) is 12.8. The molecule has 0 aliphatic rings. The molecule has 10 nitrogen and oxygen atoms in total. The number of methoxy groups -OCH3 is 1. The zero-order valence-corrected chi connectivity index (χ0v) is 22.9. The van der Waals surface area contributed by atoms with Crippen molar-refractivity contribution in [2.75, 3.05) is 19.0 Å². The van der Waals surface area contributed by atoms with Gasteiger partial charge in [-0.15, -0.1) is 11.3 Å². The first kappa shape index (κ1) is 27.5. The summed E-state index contributed by atoms with van der Waals surface area (Å²) in [6.45, 7) is 6.78. The predicted octanol–water partition coefficient (Wildman–Crippen LogP) is 5.06. The average Bonchev–Trinajstić information content (AvgIpc) is 3.49. The van der Waals surface area contributed by atoms with Crippen LogP contribution in [0, 0.1) is 13.8 Å². The van der Waals surface area contributed by atoms with Gasteiger partial charge in [-0.1, -0.05) is 29.8 Å². The second-order valence-electron chi connectivity index (χ2n) is 8.69. The molecule has 202 valence electrons. The normalized spacial score (nSPS) is 11.6. The molecule has 2 N–H and O–H groups in total. The minimum absolute atomic E-state index is 0.0338.